The molecule has 1 N–H and O–H groups in total. The van der Waals surface area contributed by atoms with Crippen LogP contribution in [0.3, 0.4) is 0 Å². The minimum atomic E-state index is 0.587. The zero-order valence-corrected chi connectivity index (χ0v) is 8.96. The number of thiazole rings is 1. The second-order valence-corrected chi connectivity index (χ2v) is 5.03. The van der Waals surface area contributed by atoms with Crippen molar-refractivity contribution in [2.24, 2.45) is 0 Å². The Morgan fingerprint density at radius 3 is 3.36 bits per heavy atom. The Morgan fingerprint density at radius 1 is 1.50 bits per heavy atom. The predicted octanol–water partition coefficient (Wildman–Crippen LogP) is 1.25. The molecular formula is C10H15N3S. The molecule has 3 heterocycles. The number of aromatic nitrogens is 1. The first kappa shape index (κ1) is 8.83. The molecule has 4 heteroatoms. The van der Waals surface area contributed by atoms with E-state index < -0.39 is 0 Å². The van der Waals surface area contributed by atoms with Crippen molar-refractivity contribution in [3.05, 3.63) is 16.6 Å². The molecule has 2 fully saturated rings. The van der Waals surface area contributed by atoms with Gasteiger partial charge in [0.25, 0.3) is 0 Å². The standard InChI is InChI=1S/C10H15N3S/c1-2-8-4-11-5-9(13(8)3-1)10-6-12-7-14-10/h6-9,11H,1-5H2. The minimum absolute atomic E-state index is 0.587. The first-order chi connectivity index (χ1) is 6.95. The Balaban J connectivity index is 1.84. The molecule has 14 heavy (non-hydrogen) atoms. The van der Waals surface area contributed by atoms with Crippen LogP contribution in [-0.4, -0.2) is 35.6 Å². The van der Waals surface area contributed by atoms with Crippen molar-refractivity contribution in [2.45, 2.75) is 24.9 Å². The number of hydrogen-bond donors (Lipinski definition) is 1. The van der Waals surface area contributed by atoms with Gasteiger partial charge in [0.15, 0.2) is 0 Å². The molecule has 2 atom stereocenters. The summed E-state index contributed by atoms with van der Waals surface area (Å²) in [6.07, 6.45) is 4.75. The molecule has 0 saturated carbocycles. The van der Waals surface area contributed by atoms with Crippen LogP contribution in [0.25, 0.3) is 0 Å². The van der Waals surface area contributed by atoms with Crippen molar-refractivity contribution in [1.29, 1.82) is 0 Å². The molecule has 0 bridgehead atoms. The monoisotopic (exact) mass is 209 g/mol. The zero-order valence-electron chi connectivity index (χ0n) is 8.15. The lowest BCUT2D eigenvalue weighted by atomic mass is 10.1. The molecule has 76 valence electrons. The van der Waals surface area contributed by atoms with Crippen LogP contribution in [0.15, 0.2) is 11.7 Å². The summed E-state index contributed by atoms with van der Waals surface area (Å²) in [6, 6.07) is 1.36. The number of hydrogen-bond acceptors (Lipinski definition) is 4. The average Bonchev–Trinajstić information content (AvgIpc) is 2.88. The SMILES string of the molecule is c1ncc(C2CNCC3CCCN32)s1. The highest BCUT2D eigenvalue weighted by atomic mass is 32.1. The highest BCUT2D eigenvalue weighted by Gasteiger charge is 2.34. The summed E-state index contributed by atoms with van der Waals surface area (Å²) in [7, 11) is 0. The van der Waals surface area contributed by atoms with E-state index in [0.29, 0.717) is 6.04 Å². The summed E-state index contributed by atoms with van der Waals surface area (Å²) in [5.74, 6) is 0. The summed E-state index contributed by atoms with van der Waals surface area (Å²) in [5, 5.41) is 3.53. The Labute approximate surface area is 88.1 Å². The maximum Gasteiger partial charge on any atom is 0.0794 e. The van der Waals surface area contributed by atoms with Gasteiger partial charge in [-0.2, -0.15) is 0 Å². The molecule has 2 saturated heterocycles. The molecule has 0 radical (unpaired) electrons. The fourth-order valence-electron chi connectivity index (χ4n) is 2.65. The van der Waals surface area contributed by atoms with Crippen molar-refractivity contribution >= 4 is 11.3 Å². The fraction of sp³-hybridized carbons (Fsp3) is 0.700. The van der Waals surface area contributed by atoms with E-state index in [1.165, 1.54) is 30.8 Å². The van der Waals surface area contributed by atoms with E-state index in [2.05, 4.69) is 15.2 Å². The molecular weight excluding hydrogens is 194 g/mol. The molecule has 3 nitrogen and oxygen atoms in total. The topological polar surface area (TPSA) is 28.2 Å². The highest BCUT2D eigenvalue weighted by molar-refractivity contribution is 7.09. The van der Waals surface area contributed by atoms with Crippen LogP contribution in [0, 0.1) is 0 Å². The van der Waals surface area contributed by atoms with Gasteiger partial charge >= 0.3 is 0 Å². The van der Waals surface area contributed by atoms with E-state index in [0.717, 1.165) is 12.6 Å². The van der Waals surface area contributed by atoms with Crippen molar-refractivity contribution < 1.29 is 0 Å². The third kappa shape index (κ3) is 1.38. The van der Waals surface area contributed by atoms with Gasteiger partial charge in [0.05, 0.1) is 11.6 Å². The number of piperazine rings is 1. The van der Waals surface area contributed by atoms with Gasteiger partial charge in [0.1, 0.15) is 0 Å². The van der Waals surface area contributed by atoms with Crippen LogP contribution in [0.2, 0.25) is 0 Å². The molecule has 1 aromatic rings. The van der Waals surface area contributed by atoms with E-state index in [4.69, 9.17) is 0 Å². The van der Waals surface area contributed by atoms with Crippen LogP contribution in [0.4, 0.5) is 0 Å². The van der Waals surface area contributed by atoms with Crippen molar-refractivity contribution in [2.75, 3.05) is 19.6 Å². The second-order valence-electron chi connectivity index (χ2n) is 4.11. The summed E-state index contributed by atoms with van der Waals surface area (Å²) >= 11 is 1.79. The van der Waals surface area contributed by atoms with E-state index in [9.17, 15) is 0 Å². The largest absolute Gasteiger partial charge is 0.313 e. The summed E-state index contributed by atoms with van der Waals surface area (Å²) in [4.78, 5) is 8.25. The fourth-order valence-corrected chi connectivity index (χ4v) is 3.39. The maximum atomic E-state index is 4.18. The van der Waals surface area contributed by atoms with Crippen LogP contribution in [0.1, 0.15) is 23.8 Å². The zero-order chi connectivity index (χ0) is 9.38. The number of fused-ring (bicyclic) bond motifs is 1. The van der Waals surface area contributed by atoms with Crippen LogP contribution in [-0.2, 0) is 0 Å². The second kappa shape index (κ2) is 3.61. The quantitative estimate of drug-likeness (QED) is 0.754. The van der Waals surface area contributed by atoms with Gasteiger partial charge in [-0.05, 0) is 19.4 Å². The molecule has 0 amide bonds. The third-order valence-corrected chi connectivity index (χ3v) is 4.20. The summed E-state index contributed by atoms with van der Waals surface area (Å²) < 4.78 is 0. The van der Waals surface area contributed by atoms with Crippen LogP contribution < -0.4 is 5.32 Å². The molecule has 1 aromatic heterocycles. The molecule has 0 spiro atoms. The normalized spacial score (nSPS) is 33.1. The number of nitrogens with zero attached hydrogens (tertiary/aromatic N) is 2. The number of rotatable bonds is 1. The van der Waals surface area contributed by atoms with Crippen LogP contribution >= 0.6 is 11.3 Å². The van der Waals surface area contributed by atoms with Crippen molar-refractivity contribution in [3.8, 4) is 0 Å². The minimum Gasteiger partial charge on any atom is -0.313 e. The summed E-state index contributed by atoms with van der Waals surface area (Å²) in [5.41, 5.74) is 1.94. The summed E-state index contributed by atoms with van der Waals surface area (Å²) in [6.45, 7) is 3.54. The first-order valence-corrected chi connectivity index (χ1v) is 6.18. The van der Waals surface area contributed by atoms with E-state index in [1.807, 2.05) is 11.7 Å². The maximum absolute atomic E-state index is 4.18. The van der Waals surface area contributed by atoms with Gasteiger partial charge < -0.3 is 5.32 Å². The predicted molar refractivity (Wildman–Crippen MR) is 57.5 cm³/mol. The smallest absolute Gasteiger partial charge is 0.0794 e. The van der Waals surface area contributed by atoms with Gasteiger partial charge in [-0.15, -0.1) is 11.3 Å². The Bertz CT molecular complexity index is 298. The Hall–Kier alpha value is -0.450. The average molecular weight is 209 g/mol. The van der Waals surface area contributed by atoms with E-state index >= 15 is 0 Å². The van der Waals surface area contributed by atoms with Gasteiger partial charge in [-0.1, -0.05) is 0 Å². The van der Waals surface area contributed by atoms with Crippen LogP contribution in [0.5, 0.6) is 0 Å². The van der Waals surface area contributed by atoms with Gasteiger partial charge in [0.2, 0.25) is 0 Å². The van der Waals surface area contributed by atoms with E-state index in [1.54, 1.807) is 11.3 Å². The van der Waals surface area contributed by atoms with Crippen molar-refractivity contribution in [3.63, 3.8) is 0 Å². The lowest BCUT2D eigenvalue weighted by molar-refractivity contribution is 0.140. The van der Waals surface area contributed by atoms with Gasteiger partial charge in [0, 0.05) is 30.2 Å². The lowest BCUT2D eigenvalue weighted by Gasteiger charge is -2.37. The molecule has 0 aliphatic carbocycles. The first-order valence-electron chi connectivity index (χ1n) is 5.30. The Kier molecular flexibility index (Phi) is 2.27. The lowest BCUT2D eigenvalue weighted by Crippen LogP contribution is -2.49. The third-order valence-electron chi connectivity index (χ3n) is 3.32. The van der Waals surface area contributed by atoms with E-state index in [-0.39, 0.29) is 0 Å². The Morgan fingerprint density at radius 2 is 2.50 bits per heavy atom. The molecule has 2 aliphatic rings. The molecule has 3 rings (SSSR count). The molecule has 2 unspecified atom stereocenters. The van der Waals surface area contributed by atoms with Gasteiger partial charge in [-0.25, -0.2) is 0 Å². The molecule has 0 aromatic carbocycles. The van der Waals surface area contributed by atoms with Crippen molar-refractivity contribution in [1.82, 2.24) is 15.2 Å². The van der Waals surface area contributed by atoms with Gasteiger partial charge in [-0.3, -0.25) is 9.88 Å². The molecule has 2 aliphatic heterocycles. The highest BCUT2D eigenvalue weighted by Crippen LogP contribution is 2.32. The number of nitrogens with one attached hydrogen (secondary N) is 1.